The second-order valence-corrected chi connectivity index (χ2v) is 6.57. The van der Waals surface area contributed by atoms with Crippen molar-refractivity contribution in [2.45, 2.75) is 12.3 Å². The first-order chi connectivity index (χ1) is 11.1. The molecule has 0 atom stereocenters. The fourth-order valence-corrected chi connectivity index (χ4v) is 3.32. The third-order valence-electron chi connectivity index (χ3n) is 3.45. The maximum absolute atomic E-state index is 12.2. The van der Waals surface area contributed by atoms with E-state index >= 15 is 0 Å². The van der Waals surface area contributed by atoms with Gasteiger partial charge >= 0.3 is 0 Å². The number of amides is 1. The first-order valence-electron chi connectivity index (χ1n) is 7.28. The Balaban J connectivity index is 1.79. The van der Waals surface area contributed by atoms with E-state index < -0.39 is 0 Å². The number of ether oxygens (including phenoxy) is 1. The fraction of sp³-hybridized carbons (Fsp3) is 0.278. The number of halogens is 1. The molecule has 0 saturated carbocycles. The normalized spacial score (nSPS) is 10.4. The van der Waals surface area contributed by atoms with Gasteiger partial charge in [-0.2, -0.15) is 0 Å². The van der Waals surface area contributed by atoms with E-state index in [0.29, 0.717) is 12.3 Å². The molecule has 0 heterocycles. The van der Waals surface area contributed by atoms with E-state index in [-0.39, 0.29) is 5.91 Å². The summed E-state index contributed by atoms with van der Waals surface area (Å²) in [5, 5.41) is 0.749. The van der Waals surface area contributed by atoms with Crippen molar-refractivity contribution >= 4 is 29.3 Å². The van der Waals surface area contributed by atoms with Crippen molar-refractivity contribution in [1.29, 1.82) is 0 Å². The lowest BCUT2D eigenvalue weighted by molar-refractivity contribution is -0.127. The average Bonchev–Trinajstić information content (AvgIpc) is 2.57. The number of hydrogen-bond acceptors (Lipinski definition) is 3. The van der Waals surface area contributed by atoms with Gasteiger partial charge in [0.25, 0.3) is 0 Å². The van der Waals surface area contributed by atoms with E-state index in [0.717, 1.165) is 27.7 Å². The summed E-state index contributed by atoms with van der Waals surface area (Å²) in [4.78, 5) is 13.9. The van der Waals surface area contributed by atoms with Crippen LogP contribution in [0.4, 0.5) is 0 Å². The van der Waals surface area contributed by atoms with Crippen molar-refractivity contribution in [1.82, 2.24) is 4.90 Å². The van der Waals surface area contributed by atoms with Gasteiger partial charge in [-0.15, -0.1) is 11.8 Å². The third kappa shape index (κ3) is 5.48. The van der Waals surface area contributed by atoms with E-state index in [1.54, 1.807) is 23.8 Å². The molecule has 0 radical (unpaired) electrons. The number of nitrogens with zero attached hydrogens (tertiary/aromatic N) is 1. The topological polar surface area (TPSA) is 29.5 Å². The van der Waals surface area contributed by atoms with Crippen molar-refractivity contribution in [2.75, 3.05) is 19.9 Å². The van der Waals surface area contributed by atoms with E-state index in [9.17, 15) is 4.79 Å². The van der Waals surface area contributed by atoms with Crippen LogP contribution in [0.25, 0.3) is 0 Å². The number of benzene rings is 2. The molecule has 0 spiro atoms. The Morgan fingerprint density at radius 1 is 1.17 bits per heavy atom. The highest BCUT2D eigenvalue weighted by Gasteiger charge is 2.10. The second-order valence-electron chi connectivity index (χ2n) is 5.18. The molecule has 0 N–H and O–H groups in total. The molecular weight excluding hydrogens is 330 g/mol. The molecule has 2 aromatic carbocycles. The Morgan fingerprint density at radius 2 is 1.87 bits per heavy atom. The Kier molecular flexibility index (Phi) is 6.81. The van der Waals surface area contributed by atoms with Crippen molar-refractivity contribution in [3.8, 4) is 5.75 Å². The maximum atomic E-state index is 12.2. The number of rotatable bonds is 7. The highest BCUT2D eigenvalue weighted by Crippen LogP contribution is 2.21. The summed E-state index contributed by atoms with van der Waals surface area (Å²) >= 11 is 7.69. The zero-order chi connectivity index (χ0) is 16.7. The summed E-state index contributed by atoms with van der Waals surface area (Å²) < 4.78 is 5.13. The van der Waals surface area contributed by atoms with Gasteiger partial charge in [0.2, 0.25) is 5.91 Å². The molecule has 23 heavy (non-hydrogen) atoms. The molecule has 0 fully saturated rings. The van der Waals surface area contributed by atoms with E-state index in [2.05, 4.69) is 0 Å². The molecule has 0 unspecified atom stereocenters. The summed E-state index contributed by atoms with van der Waals surface area (Å²) in [6, 6.07) is 15.5. The van der Waals surface area contributed by atoms with Gasteiger partial charge in [-0.05, 0) is 29.3 Å². The Hall–Kier alpha value is -1.65. The summed E-state index contributed by atoms with van der Waals surface area (Å²) in [5.74, 6) is 2.11. The predicted molar refractivity (Wildman–Crippen MR) is 97.1 cm³/mol. The number of thioether (sulfide) groups is 1. The molecule has 0 aliphatic carbocycles. The summed E-state index contributed by atoms with van der Waals surface area (Å²) in [7, 11) is 3.46. The minimum Gasteiger partial charge on any atom is -0.497 e. The van der Waals surface area contributed by atoms with Crippen LogP contribution < -0.4 is 4.74 Å². The highest BCUT2D eigenvalue weighted by molar-refractivity contribution is 7.99. The van der Waals surface area contributed by atoms with Gasteiger partial charge in [-0.25, -0.2) is 0 Å². The molecule has 5 heteroatoms. The van der Waals surface area contributed by atoms with E-state index in [1.165, 1.54) is 0 Å². The van der Waals surface area contributed by atoms with Crippen LogP contribution in [0.15, 0.2) is 48.5 Å². The zero-order valence-corrected chi connectivity index (χ0v) is 14.9. The quantitative estimate of drug-likeness (QED) is 0.748. The van der Waals surface area contributed by atoms with Crippen LogP contribution >= 0.6 is 23.4 Å². The van der Waals surface area contributed by atoms with Crippen molar-refractivity contribution < 1.29 is 9.53 Å². The number of carbonyl (C=O) groups is 1. The largest absolute Gasteiger partial charge is 0.497 e. The predicted octanol–water partition coefficient (Wildman–Crippen LogP) is 4.24. The molecule has 122 valence electrons. The zero-order valence-electron chi connectivity index (χ0n) is 13.3. The second kappa shape index (κ2) is 8.85. The first-order valence-corrected chi connectivity index (χ1v) is 8.81. The van der Waals surface area contributed by atoms with Crippen LogP contribution in [0, 0.1) is 0 Å². The average molecular weight is 350 g/mol. The lowest BCUT2D eigenvalue weighted by atomic mass is 10.2. The minimum atomic E-state index is 0.109. The van der Waals surface area contributed by atoms with Crippen molar-refractivity contribution in [3.63, 3.8) is 0 Å². The highest BCUT2D eigenvalue weighted by atomic mass is 35.5. The molecule has 0 bridgehead atoms. The van der Waals surface area contributed by atoms with Gasteiger partial charge in [0.1, 0.15) is 5.75 Å². The van der Waals surface area contributed by atoms with Gasteiger partial charge in [-0.1, -0.05) is 41.9 Å². The van der Waals surface area contributed by atoms with Gasteiger partial charge in [-0.3, -0.25) is 4.79 Å². The number of hydrogen-bond donors (Lipinski definition) is 0. The van der Waals surface area contributed by atoms with Gasteiger partial charge in [0, 0.05) is 24.4 Å². The van der Waals surface area contributed by atoms with Crippen molar-refractivity contribution in [3.05, 3.63) is 64.7 Å². The van der Waals surface area contributed by atoms with Crippen LogP contribution in [-0.4, -0.2) is 30.7 Å². The van der Waals surface area contributed by atoms with Crippen LogP contribution in [0.5, 0.6) is 5.75 Å². The molecule has 0 aliphatic heterocycles. The van der Waals surface area contributed by atoms with Crippen molar-refractivity contribution in [2.24, 2.45) is 0 Å². The lowest BCUT2D eigenvalue weighted by Gasteiger charge is -2.17. The third-order valence-corrected chi connectivity index (χ3v) is 4.78. The monoisotopic (exact) mass is 349 g/mol. The SMILES string of the molecule is COc1ccc(CN(C)C(=O)CSCc2ccccc2Cl)cc1. The Morgan fingerprint density at radius 3 is 2.52 bits per heavy atom. The smallest absolute Gasteiger partial charge is 0.232 e. The lowest BCUT2D eigenvalue weighted by Crippen LogP contribution is -2.27. The molecule has 0 aromatic heterocycles. The first kappa shape index (κ1) is 17.7. The minimum absolute atomic E-state index is 0.109. The molecular formula is C18H20ClNO2S. The maximum Gasteiger partial charge on any atom is 0.232 e. The standard InChI is InChI=1S/C18H20ClNO2S/c1-20(11-14-7-9-16(22-2)10-8-14)18(21)13-23-12-15-5-3-4-6-17(15)19/h3-10H,11-13H2,1-2H3. The van der Waals surface area contributed by atoms with Crippen LogP contribution in [0.2, 0.25) is 5.02 Å². The number of methoxy groups -OCH3 is 1. The molecule has 2 aromatic rings. The molecule has 0 saturated heterocycles. The Bertz CT molecular complexity index is 646. The van der Waals surface area contributed by atoms with E-state index in [4.69, 9.17) is 16.3 Å². The number of carbonyl (C=O) groups excluding carboxylic acids is 1. The molecule has 0 aliphatic rings. The summed E-state index contributed by atoms with van der Waals surface area (Å²) in [6.07, 6.45) is 0. The van der Waals surface area contributed by atoms with Crippen LogP contribution in [-0.2, 0) is 17.1 Å². The van der Waals surface area contributed by atoms with Crippen LogP contribution in [0.1, 0.15) is 11.1 Å². The molecule has 2 rings (SSSR count). The molecule has 3 nitrogen and oxygen atoms in total. The van der Waals surface area contributed by atoms with Gasteiger partial charge in [0.15, 0.2) is 0 Å². The summed E-state index contributed by atoms with van der Waals surface area (Å²) in [6.45, 7) is 0.593. The van der Waals surface area contributed by atoms with E-state index in [1.807, 2.05) is 55.6 Å². The molecule has 1 amide bonds. The van der Waals surface area contributed by atoms with Gasteiger partial charge < -0.3 is 9.64 Å². The fourth-order valence-electron chi connectivity index (χ4n) is 2.07. The summed E-state index contributed by atoms with van der Waals surface area (Å²) in [5.41, 5.74) is 2.14. The van der Waals surface area contributed by atoms with Crippen LogP contribution in [0.3, 0.4) is 0 Å². The Labute approximate surface area is 146 Å². The van der Waals surface area contributed by atoms with Gasteiger partial charge in [0.05, 0.1) is 12.9 Å².